The van der Waals surface area contributed by atoms with E-state index in [0.717, 1.165) is 6.42 Å². The Kier molecular flexibility index (Phi) is 5.13. The Bertz CT molecular complexity index is 188. The van der Waals surface area contributed by atoms with Crippen LogP contribution in [-0.2, 0) is 4.79 Å². The van der Waals surface area contributed by atoms with Gasteiger partial charge in [-0.3, -0.25) is 4.79 Å². The molecule has 3 nitrogen and oxygen atoms in total. The quantitative estimate of drug-likeness (QED) is 0.707. The molecule has 0 aromatic heterocycles. The van der Waals surface area contributed by atoms with E-state index in [4.69, 9.17) is 5.73 Å². The number of carbonyl (C=O) groups is 1. The van der Waals surface area contributed by atoms with Gasteiger partial charge in [-0.15, -0.1) is 0 Å². The first-order chi connectivity index (χ1) is 6.35. The normalized spacial score (nSPS) is 14.2. The molecule has 0 radical (unpaired) electrons. The van der Waals surface area contributed by atoms with Crippen LogP contribution in [0, 0.1) is 11.3 Å². The van der Waals surface area contributed by atoms with Crippen LogP contribution in [-0.4, -0.2) is 18.5 Å². The summed E-state index contributed by atoms with van der Waals surface area (Å²) in [6.07, 6.45) is 0.841. The molecule has 0 fully saturated rings. The van der Waals surface area contributed by atoms with Gasteiger partial charge < -0.3 is 11.1 Å². The predicted molar refractivity (Wildman–Crippen MR) is 59.9 cm³/mol. The fourth-order valence-electron chi connectivity index (χ4n) is 1.02. The summed E-state index contributed by atoms with van der Waals surface area (Å²) < 4.78 is 0. The zero-order valence-corrected chi connectivity index (χ0v) is 10.1. The lowest BCUT2D eigenvalue weighted by molar-refractivity contribution is -0.130. The fraction of sp³-hybridized carbons (Fsp3) is 0.909. The highest BCUT2D eigenvalue weighted by atomic mass is 16.2. The Labute approximate surface area is 87.4 Å². The third-order valence-electron chi connectivity index (χ3n) is 2.87. The second kappa shape index (κ2) is 5.35. The maximum absolute atomic E-state index is 11.8. The van der Waals surface area contributed by atoms with Crippen LogP contribution in [0.25, 0.3) is 0 Å². The van der Waals surface area contributed by atoms with E-state index in [0.29, 0.717) is 12.5 Å². The Morgan fingerprint density at radius 1 is 1.43 bits per heavy atom. The highest BCUT2D eigenvalue weighted by Crippen LogP contribution is 2.20. The van der Waals surface area contributed by atoms with Gasteiger partial charge in [0, 0.05) is 18.0 Å². The van der Waals surface area contributed by atoms with Crippen molar-refractivity contribution in [2.75, 3.05) is 6.54 Å². The second-order valence-electron chi connectivity index (χ2n) is 4.80. The lowest BCUT2D eigenvalue weighted by Crippen LogP contribution is -2.48. The van der Waals surface area contributed by atoms with E-state index >= 15 is 0 Å². The van der Waals surface area contributed by atoms with Crippen LogP contribution in [0.2, 0.25) is 0 Å². The van der Waals surface area contributed by atoms with E-state index in [1.54, 1.807) is 0 Å². The maximum Gasteiger partial charge on any atom is 0.225 e. The van der Waals surface area contributed by atoms with Crippen molar-refractivity contribution in [1.82, 2.24) is 5.32 Å². The van der Waals surface area contributed by atoms with Crippen molar-refractivity contribution in [3.63, 3.8) is 0 Å². The van der Waals surface area contributed by atoms with Crippen molar-refractivity contribution in [2.24, 2.45) is 17.1 Å². The first kappa shape index (κ1) is 13.4. The van der Waals surface area contributed by atoms with Gasteiger partial charge in [0.15, 0.2) is 0 Å². The molecule has 0 aliphatic heterocycles. The van der Waals surface area contributed by atoms with Gasteiger partial charge in [-0.05, 0) is 12.3 Å². The van der Waals surface area contributed by atoms with Crippen molar-refractivity contribution in [3.8, 4) is 0 Å². The monoisotopic (exact) mass is 200 g/mol. The molecule has 0 aromatic rings. The molecular formula is C11H24N2O. The minimum Gasteiger partial charge on any atom is -0.351 e. The molecular weight excluding hydrogens is 176 g/mol. The molecule has 14 heavy (non-hydrogen) atoms. The standard InChI is InChI=1S/C11H24N2O/c1-6-11(4,5)10(14)13-9(7-12)8(2)3/h8-9H,6-7,12H2,1-5H3,(H,13,14). The van der Waals surface area contributed by atoms with E-state index in [1.165, 1.54) is 0 Å². The zero-order valence-electron chi connectivity index (χ0n) is 10.1. The molecule has 0 saturated carbocycles. The van der Waals surface area contributed by atoms with Gasteiger partial charge in [-0.2, -0.15) is 0 Å². The predicted octanol–water partition coefficient (Wildman–Crippen LogP) is 1.52. The Hall–Kier alpha value is -0.570. The molecule has 1 atom stereocenters. The molecule has 0 saturated heterocycles. The van der Waals surface area contributed by atoms with E-state index in [1.807, 2.05) is 20.8 Å². The smallest absolute Gasteiger partial charge is 0.225 e. The summed E-state index contributed by atoms with van der Waals surface area (Å²) in [6, 6.07) is 0.0910. The molecule has 3 N–H and O–H groups in total. The molecule has 84 valence electrons. The van der Waals surface area contributed by atoms with E-state index < -0.39 is 0 Å². The van der Waals surface area contributed by atoms with Crippen molar-refractivity contribution in [1.29, 1.82) is 0 Å². The summed E-state index contributed by atoms with van der Waals surface area (Å²) in [6.45, 7) is 10.6. The minimum absolute atomic E-state index is 0.0910. The third-order valence-corrected chi connectivity index (χ3v) is 2.87. The molecule has 0 bridgehead atoms. The van der Waals surface area contributed by atoms with E-state index in [9.17, 15) is 4.79 Å². The largest absolute Gasteiger partial charge is 0.351 e. The number of amides is 1. The highest BCUT2D eigenvalue weighted by Gasteiger charge is 2.27. The maximum atomic E-state index is 11.8. The zero-order chi connectivity index (χ0) is 11.4. The van der Waals surface area contributed by atoms with Gasteiger partial charge >= 0.3 is 0 Å². The fourth-order valence-corrected chi connectivity index (χ4v) is 1.02. The molecule has 0 aliphatic carbocycles. The summed E-state index contributed by atoms with van der Waals surface area (Å²) in [4.78, 5) is 11.8. The molecule has 1 amide bonds. The minimum atomic E-state index is -0.289. The summed E-state index contributed by atoms with van der Waals surface area (Å²) in [5.74, 6) is 0.487. The van der Waals surface area contributed by atoms with Gasteiger partial charge in [0.2, 0.25) is 5.91 Å². The molecule has 0 aromatic carbocycles. The van der Waals surface area contributed by atoms with Crippen molar-refractivity contribution >= 4 is 5.91 Å². The van der Waals surface area contributed by atoms with Crippen LogP contribution in [0.15, 0.2) is 0 Å². The van der Waals surface area contributed by atoms with Gasteiger partial charge in [0.25, 0.3) is 0 Å². The van der Waals surface area contributed by atoms with Gasteiger partial charge in [0.05, 0.1) is 0 Å². The second-order valence-corrected chi connectivity index (χ2v) is 4.80. The molecule has 3 heteroatoms. The Morgan fingerprint density at radius 2 is 1.93 bits per heavy atom. The van der Waals surface area contributed by atoms with Gasteiger partial charge in [-0.1, -0.05) is 34.6 Å². The summed E-state index contributed by atoms with van der Waals surface area (Å²) in [5.41, 5.74) is 5.30. The molecule has 0 spiro atoms. The number of nitrogens with two attached hydrogens (primary N) is 1. The number of hydrogen-bond acceptors (Lipinski definition) is 2. The van der Waals surface area contributed by atoms with Gasteiger partial charge in [0.1, 0.15) is 0 Å². The number of nitrogens with one attached hydrogen (secondary N) is 1. The average Bonchev–Trinajstić information content (AvgIpc) is 2.12. The first-order valence-electron chi connectivity index (χ1n) is 5.36. The van der Waals surface area contributed by atoms with Crippen LogP contribution in [0.4, 0.5) is 0 Å². The Balaban J connectivity index is 4.30. The van der Waals surface area contributed by atoms with E-state index in [-0.39, 0.29) is 17.4 Å². The SMILES string of the molecule is CCC(C)(C)C(=O)NC(CN)C(C)C. The molecule has 0 aliphatic rings. The lowest BCUT2D eigenvalue weighted by Gasteiger charge is -2.27. The molecule has 0 rings (SSSR count). The topological polar surface area (TPSA) is 55.1 Å². The Morgan fingerprint density at radius 3 is 2.21 bits per heavy atom. The average molecular weight is 200 g/mol. The van der Waals surface area contributed by atoms with Crippen LogP contribution in [0.3, 0.4) is 0 Å². The van der Waals surface area contributed by atoms with Crippen molar-refractivity contribution in [2.45, 2.75) is 47.1 Å². The summed E-state index contributed by atoms with van der Waals surface area (Å²) in [7, 11) is 0. The summed E-state index contributed by atoms with van der Waals surface area (Å²) >= 11 is 0. The van der Waals surface area contributed by atoms with Gasteiger partial charge in [-0.25, -0.2) is 0 Å². The number of carbonyl (C=O) groups excluding carboxylic acids is 1. The van der Waals surface area contributed by atoms with Crippen LogP contribution >= 0.6 is 0 Å². The van der Waals surface area contributed by atoms with E-state index in [2.05, 4.69) is 19.2 Å². The van der Waals surface area contributed by atoms with Crippen molar-refractivity contribution in [3.05, 3.63) is 0 Å². The highest BCUT2D eigenvalue weighted by molar-refractivity contribution is 5.82. The summed E-state index contributed by atoms with van der Waals surface area (Å²) in [5, 5.41) is 2.99. The van der Waals surface area contributed by atoms with Crippen LogP contribution < -0.4 is 11.1 Å². The van der Waals surface area contributed by atoms with Crippen molar-refractivity contribution < 1.29 is 4.79 Å². The van der Waals surface area contributed by atoms with Crippen LogP contribution in [0.1, 0.15) is 41.0 Å². The lowest BCUT2D eigenvalue weighted by atomic mass is 9.88. The number of rotatable bonds is 5. The first-order valence-corrected chi connectivity index (χ1v) is 5.36. The number of hydrogen-bond donors (Lipinski definition) is 2. The van der Waals surface area contributed by atoms with Crippen LogP contribution in [0.5, 0.6) is 0 Å². The molecule has 0 heterocycles. The molecule has 1 unspecified atom stereocenters. The third kappa shape index (κ3) is 3.66.